The van der Waals surface area contributed by atoms with E-state index in [1.807, 2.05) is 0 Å². The van der Waals surface area contributed by atoms with Gasteiger partial charge in [0.2, 0.25) is 0 Å². The summed E-state index contributed by atoms with van der Waals surface area (Å²) >= 11 is 0. The number of hydrogen-bond donors (Lipinski definition) is 9. The second-order valence-electron chi connectivity index (χ2n) is 16.9. The summed E-state index contributed by atoms with van der Waals surface area (Å²) in [7, 11) is 0. The van der Waals surface area contributed by atoms with Gasteiger partial charge in [0.05, 0.1) is 19.3 Å². The summed E-state index contributed by atoms with van der Waals surface area (Å²) in [5, 5.41) is 97.8. The molecular weight excluding hydrogens is 660 g/mol. The van der Waals surface area contributed by atoms with E-state index in [-0.39, 0.29) is 29.3 Å². The third-order valence-electron chi connectivity index (χ3n) is 13.1. The van der Waals surface area contributed by atoms with Gasteiger partial charge in [-0.15, -0.1) is 0 Å². The fraction of sp³-hybridized carbons (Fsp3) is 0.846. The number of hydrogen-bond acceptors (Lipinski definition) is 12. The van der Waals surface area contributed by atoms with Crippen molar-refractivity contribution in [2.45, 2.75) is 159 Å². The van der Waals surface area contributed by atoms with Crippen LogP contribution in [0.4, 0.5) is 0 Å². The molecule has 51 heavy (non-hydrogen) atoms. The van der Waals surface area contributed by atoms with Crippen LogP contribution >= 0.6 is 0 Å². The van der Waals surface area contributed by atoms with E-state index in [4.69, 9.17) is 14.2 Å². The van der Waals surface area contributed by atoms with E-state index in [2.05, 4.69) is 46.4 Å². The van der Waals surface area contributed by atoms with Gasteiger partial charge in [0.15, 0.2) is 12.6 Å². The molecule has 6 unspecified atom stereocenters. The molecule has 12 nitrogen and oxygen atoms in total. The summed E-state index contributed by atoms with van der Waals surface area (Å²) in [5.74, 6) is -0.0384. The van der Waals surface area contributed by atoms with Crippen LogP contribution in [0.5, 0.6) is 0 Å². The quantitative estimate of drug-likeness (QED) is 0.150. The number of aliphatic hydroxyl groups excluding tert-OH is 8. The third kappa shape index (κ3) is 8.09. The molecule has 0 bridgehead atoms. The van der Waals surface area contributed by atoms with Crippen molar-refractivity contribution in [3.63, 3.8) is 0 Å². The van der Waals surface area contributed by atoms with Crippen LogP contribution in [-0.4, -0.2) is 126 Å². The summed E-state index contributed by atoms with van der Waals surface area (Å²) in [6, 6.07) is 0. The van der Waals surface area contributed by atoms with Crippen LogP contribution in [0, 0.1) is 35.0 Å². The van der Waals surface area contributed by atoms with Gasteiger partial charge in [0, 0.05) is 0 Å². The Balaban J connectivity index is 1.40. The van der Waals surface area contributed by atoms with E-state index in [0.717, 1.165) is 56.1 Å². The zero-order valence-corrected chi connectivity index (χ0v) is 30.8. The molecule has 5 aliphatic rings. The van der Waals surface area contributed by atoms with Gasteiger partial charge in [-0.3, -0.25) is 0 Å². The third-order valence-corrected chi connectivity index (χ3v) is 13.1. The molecule has 2 saturated heterocycles. The van der Waals surface area contributed by atoms with Crippen LogP contribution in [0.3, 0.4) is 0 Å². The largest absolute Gasteiger partial charge is 0.394 e. The van der Waals surface area contributed by atoms with Gasteiger partial charge in [0.25, 0.3) is 0 Å². The van der Waals surface area contributed by atoms with Gasteiger partial charge in [-0.2, -0.15) is 0 Å². The fourth-order valence-electron chi connectivity index (χ4n) is 10.2. The maximum absolute atomic E-state index is 12.5. The predicted octanol–water partition coefficient (Wildman–Crippen LogP) is 1.83. The molecule has 9 N–H and O–H groups in total. The lowest BCUT2D eigenvalue weighted by molar-refractivity contribution is -0.359. The molecule has 16 atom stereocenters. The minimum Gasteiger partial charge on any atom is -0.394 e. The first-order chi connectivity index (χ1) is 24.0. The highest BCUT2D eigenvalue weighted by atomic mass is 16.7. The highest BCUT2D eigenvalue weighted by Crippen LogP contribution is 2.65. The van der Waals surface area contributed by atoms with Crippen molar-refractivity contribution in [2.24, 2.45) is 35.0 Å². The molecule has 2 aliphatic heterocycles. The predicted molar refractivity (Wildman–Crippen MR) is 188 cm³/mol. The van der Waals surface area contributed by atoms with Crippen molar-refractivity contribution in [1.29, 1.82) is 0 Å². The first-order valence-electron chi connectivity index (χ1n) is 19.1. The smallest absolute Gasteiger partial charge is 0.187 e. The molecule has 0 amide bonds. The zero-order valence-electron chi connectivity index (χ0n) is 30.8. The van der Waals surface area contributed by atoms with Crippen molar-refractivity contribution < 1.29 is 60.2 Å². The molecule has 5 fully saturated rings. The average molecular weight is 725 g/mol. The number of ether oxygens (including phenoxy) is 3. The maximum Gasteiger partial charge on any atom is 0.187 e. The molecule has 5 rings (SSSR count). The summed E-state index contributed by atoms with van der Waals surface area (Å²) in [5.41, 5.74) is 0.836. The monoisotopic (exact) mass is 724 g/mol. The minimum absolute atomic E-state index is 0.0419. The number of rotatable bonds is 11. The van der Waals surface area contributed by atoms with E-state index < -0.39 is 80.0 Å². The lowest BCUT2D eigenvalue weighted by Gasteiger charge is -2.53. The van der Waals surface area contributed by atoms with Crippen molar-refractivity contribution in [2.75, 3.05) is 13.2 Å². The van der Waals surface area contributed by atoms with Crippen molar-refractivity contribution in [3.05, 3.63) is 35.5 Å². The number of allylic oxidation sites excluding steroid dienone is 4. The molecule has 12 heteroatoms. The van der Waals surface area contributed by atoms with E-state index in [1.54, 1.807) is 0 Å². The Bertz CT molecular complexity index is 1250. The van der Waals surface area contributed by atoms with Gasteiger partial charge >= 0.3 is 0 Å². The second kappa shape index (κ2) is 16.6. The van der Waals surface area contributed by atoms with Gasteiger partial charge in [-0.1, -0.05) is 76.8 Å². The summed E-state index contributed by atoms with van der Waals surface area (Å²) < 4.78 is 16.8. The summed E-state index contributed by atoms with van der Waals surface area (Å²) in [6.45, 7) is 11.9. The molecule has 0 aromatic heterocycles. The second-order valence-corrected chi connectivity index (χ2v) is 16.9. The molecular formula is C39H64O12. The maximum atomic E-state index is 12.5. The molecule has 0 radical (unpaired) electrons. The lowest BCUT2D eigenvalue weighted by Crippen LogP contribution is -2.70. The standard InChI is InChI=1S/C39H64O12/c1-20(2)8-6-9-22(4)30-27(17-26-23(10-7-15-38(26,30)5)12-13-24-16-25(41)14-11-21(24)3)39(48)35(46)32(43)29(51-37(39)47)19-49-36-34(45)33(44)31(42)28(18-40)50-36/h12-13,20,22,25-37,40-48H,3,6-11,14-19H2,1-2,4-5H3/b23-12+,24-13-/t22-,25?,26+,27?,28?,29-,30+,31?,32-,33+,34?,35+,36+,37-,38?,39+/m1/s1. The van der Waals surface area contributed by atoms with Gasteiger partial charge in [-0.05, 0) is 85.5 Å². The fourth-order valence-corrected chi connectivity index (χ4v) is 10.2. The summed E-state index contributed by atoms with van der Waals surface area (Å²) in [4.78, 5) is 0. The molecule has 0 spiro atoms. The molecule has 3 aliphatic carbocycles. The SMILES string of the molecule is C=C1CCC(O)C/C1=C/C=C1\CCCC2(C)[C@@H]([C@H](C)CCCC(C)C)C([C@@]3(O)[C@H](O)O[C@H](CO[C@H]4OC(CO)C(O)[C@H](O)C4O)[C@@H](O)[C@@H]3O)C[C@@H]12. The molecule has 2 heterocycles. The van der Waals surface area contributed by atoms with Crippen molar-refractivity contribution in [1.82, 2.24) is 0 Å². The van der Waals surface area contributed by atoms with Crippen LogP contribution in [0.2, 0.25) is 0 Å². The Morgan fingerprint density at radius 1 is 0.922 bits per heavy atom. The Kier molecular flexibility index (Phi) is 13.3. The zero-order chi connectivity index (χ0) is 37.4. The first kappa shape index (κ1) is 40.9. The van der Waals surface area contributed by atoms with E-state index in [0.29, 0.717) is 25.2 Å². The van der Waals surface area contributed by atoms with Crippen molar-refractivity contribution in [3.8, 4) is 0 Å². The van der Waals surface area contributed by atoms with E-state index in [1.165, 1.54) is 5.57 Å². The molecule has 0 aromatic carbocycles. The first-order valence-corrected chi connectivity index (χ1v) is 19.1. The van der Waals surface area contributed by atoms with E-state index >= 15 is 0 Å². The van der Waals surface area contributed by atoms with Crippen LogP contribution in [0.25, 0.3) is 0 Å². The Labute approximate surface area is 302 Å². The minimum atomic E-state index is -2.22. The lowest BCUT2D eigenvalue weighted by atomic mass is 9.58. The molecule has 0 aromatic rings. The normalized spacial score (nSPS) is 47.3. The van der Waals surface area contributed by atoms with Gasteiger partial charge < -0.3 is 60.2 Å². The Morgan fingerprint density at radius 2 is 1.65 bits per heavy atom. The Hall–Kier alpha value is -1.26. The summed E-state index contributed by atoms with van der Waals surface area (Å²) in [6.07, 6.45) is -2.30. The highest BCUT2D eigenvalue weighted by molar-refractivity contribution is 5.36. The van der Waals surface area contributed by atoms with Crippen LogP contribution in [-0.2, 0) is 14.2 Å². The Morgan fingerprint density at radius 3 is 2.33 bits per heavy atom. The van der Waals surface area contributed by atoms with E-state index in [9.17, 15) is 46.0 Å². The van der Waals surface area contributed by atoms with Crippen molar-refractivity contribution >= 4 is 0 Å². The number of fused-ring (bicyclic) bond motifs is 1. The van der Waals surface area contributed by atoms with Gasteiger partial charge in [0.1, 0.15) is 48.3 Å². The topological polar surface area (TPSA) is 210 Å². The number of aliphatic hydroxyl groups is 9. The molecule has 3 saturated carbocycles. The van der Waals surface area contributed by atoms with Gasteiger partial charge in [-0.25, -0.2) is 0 Å². The molecule has 292 valence electrons. The average Bonchev–Trinajstić information content (AvgIpc) is 3.42. The van der Waals surface area contributed by atoms with Crippen LogP contribution in [0.15, 0.2) is 35.5 Å². The van der Waals surface area contributed by atoms with Crippen LogP contribution in [0.1, 0.15) is 91.9 Å². The highest BCUT2D eigenvalue weighted by Gasteiger charge is 2.67. The van der Waals surface area contributed by atoms with Crippen LogP contribution < -0.4 is 0 Å².